The summed E-state index contributed by atoms with van der Waals surface area (Å²) in [5.74, 6) is 0.855. The van der Waals surface area contributed by atoms with Gasteiger partial charge in [-0.2, -0.15) is 0 Å². The second kappa shape index (κ2) is 10.6. The first-order chi connectivity index (χ1) is 19.5. The van der Waals surface area contributed by atoms with Crippen molar-refractivity contribution in [2.24, 2.45) is 0 Å². The minimum atomic E-state index is -0.0665. The Bertz CT molecular complexity index is 1970. The first kappa shape index (κ1) is 26.9. The molecule has 4 aromatic carbocycles. The number of nitrogens with zero attached hydrogens (tertiary/aromatic N) is 4. The first-order valence-corrected chi connectivity index (χ1v) is 13.5. The molecule has 0 aliphatic carbocycles. The summed E-state index contributed by atoms with van der Waals surface area (Å²) in [6, 6.07) is 44.6. The molecular weight excluding hydrogens is 684 g/mol. The van der Waals surface area contributed by atoms with E-state index in [2.05, 4.69) is 114 Å². The van der Waals surface area contributed by atoms with Crippen LogP contribution in [0.5, 0.6) is 0 Å². The second-order valence-corrected chi connectivity index (χ2v) is 11.0. The molecule has 0 atom stereocenters. The number of hydrogen-bond donors (Lipinski definition) is 0. The number of aromatic nitrogens is 4. The molecule has 0 amide bonds. The molecular formula is C36H28N4Pt. The molecule has 0 saturated heterocycles. The van der Waals surface area contributed by atoms with E-state index in [-0.39, 0.29) is 26.5 Å². The van der Waals surface area contributed by atoms with Gasteiger partial charge in [-0.25, -0.2) is 0 Å². The molecule has 0 aliphatic heterocycles. The Morgan fingerprint density at radius 1 is 0.732 bits per heavy atom. The molecule has 0 fully saturated rings. The Hall–Kier alpha value is -4.27. The van der Waals surface area contributed by atoms with Gasteiger partial charge in [-0.3, -0.25) is 4.98 Å². The fraction of sp³-hybridized carbons (Fsp3) is 0.111. The van der Waals surface area contributed by atoms with Crippen LogP contribution in [-0.4, -0.2) is 19.1 Å². The van der Waals surface area contributed by atoms with Crippen molar-refractivity contribution in [3.05, 3.63) is 133 Å². The van der Waals surface area contributed by atoms with Gasteiger partial charge < -0.3 is 14.1 Å². The van der Waals surface area contributed by atoms with E-state index in [1.54, 1.807) is 0 Å². The van der Waals surface area contributed by atoms with Gasteiger partial charge in [-0.1, -0.05) is 69.3 Å². The summed E-state index contributed by atoms with van der Waals surface area (Å²) in [6.07, 6.45) is 1.83. The Labute approximate surface area is 254 Å². The average molecular weight is 712 g/mol. The summed E-state index contributed by atoms with van der Waals surface area (Å²) in [5.41, 5.74) is 8.99. The van der Waals surface area contributed by atoms with Gasteiger partial charge in [0.25, 0.3) is 0 Å². The summed E-state index contributed by atoms with van der Waals surface area (Å²) in [5, 5.41) is 1.13. The van der Waals surface area contributed by atoms with E-state index >= 15 is 0 Å². The van der Waals surface area contributed by atoms with Crippen molar-refractivity contribution in [2.45, 2.75) is 26.2 Å². The topological polar surface area (TPSA) is 35.6 Å². The van der Waals surface area contributed by atoms with Crippen LogP contribution in [0.1, 0.15) is 26.3 Å². The van der Waals surface area contributed by atoms with Gasteiger partial charge in [-0.15, -0.1) is 65.2 Å². The molecule has 0 aliphatic rings. The van der Waals surface area contributed by atoms with Crippen molar-refractivity contribution in [3.63, 3.8) is 0 Å². The Kier molecular flexibility index (Phi) is 6.97. The van der Waals surface area contributed by atoms with Crippen molar-refractivity contribution >= 4 is 22.1 Å². The van der Waals surface area contributed by atoms with Gasteiger partial charge in [0, 0.05) is 17.3 Å². The van der Waals surface area contributed by atoms with Crippen LogP contribution in [0, 0.1) is 12.1 Å². The zero-order valence-electron chi connectivity index (χ0n) is 23.1. The van der Waals surface area contributed by atoms with Crippen molar-refractivity contribution in [1.29, 1.82) is 0 Å². The third kappa shape index (κ3) is 4.73. The molecule has 0 spiro atoms. The van der Waals surface area contributed by atoms with Gasteiger partial charge in [0.1, 0.15) is 0 Å². The van der Waals surface area contributed by atoms with E-state index in [0.717, 1.165) is 56.1 Å². The molecule has 202 valence electrons. The fourth-order valence-electron chi connectivity index (χ4n) is 5.34. The van der Waals surface area contributed by atoms with Crippen LogP contribution >= 0.6 is 0 Å². The molecule has 0 unspecified atom stereocenters. The maximum Gasteiger partial charge on any atom is 2.00 e. The van der Waals surface area contributed by atoms with Gasteiger partial charge in [-0.05, 0) is 41.1 Å². The molecule has 7 aromatic rings. The summed E-state index contributed by atoms with van der Waals surface area (Å²) >= 11 is 0. The molecule has 7 rings (SSSR count). The molecule has 5 heteroatoms. The van der Waals surface area contributed by atoms with Crippen LogP contribution in [0.15, 0.2) is 115 Å². The summed E-state index contributed by atoms with van der Waals surface area (Å²) in [6.45, 7) is 6.72. The van der Waals surface area contributed by atoms with Gasteiger partial charge in [0.2, 0.25) is 0 Å². The maximum atomic E-state index is 5.33. The number of hydrogen-bond acceptors (Lipinski definition) is 2. The minimum absolute atomic E-state index is 0. The Morgan fingerprint density at radius 3 is 2.22 bits per heavy atom. The molecule has 0 N–H and O–H groups in total. The molecule has 3 aromatic heterocycles. The van der Waals surface area contributed by atoms with Crippen molar-refractivity contribution in [2.75, 3.05) is 0 Å². The minimum Gasteiger partial charge on any atom is -0.331 e. The average Bonchev–Trinajstić information content (AvgIpc) is 3.53. The smallest absolute Gasteiger partial charge is 0.331 e. The van der Waals surface area contributed by atoms with E-state index in [4.69, 9.17) is 4.98 Å². The largest absolute Gasteiger partial charge is 2.00 e. The summed E-state index contributed by atoms with van der Waals surface area (Å²) in [7, 11) is 0. The van der Waals surface area contributed by atoms with E-state index in [9.17, 15) is 0 Å². The fourth-order valence-corrected chi connectivity index (χ4v) is 5.34. The number of pyridine rings is 1. The number of benzene rings is 4. The van der Waals surface area contributed by atoms with Crippen LogP contribution in [0.4, 0.5) is 0 Å². The van der Waals surface area contributed by atoms with Gasteiger partial charge >= 0.3 is 21.1 Å². The van der Waals surface area contributed by atoms with Crippen LogP contribution < -0.4 is 0 Å². The van der Waals surface area contributed by atoms with Gasteiger partial charge in [0.05, 0.1) is 16.9 Å². The number of rotatable bonds is 4. The predicted molar refractivity (Wildman–Crippen MR) is 163 cm³/mol. The molecule has 4 nitrogen and oxygen atoms in total. The van der Waals surface area contributed by atoms with Crippen LogP contribution in [-0.2, 0) is 26.5 Å². The number of fused-ring (bicyclic) bond motifs is 3. The quantitative estimate of drug-likeness (QED) is 0.172. The van der Waals surface area contributed by atoms with E-state index in [1.165, 1.54) is 5.56 Å². The SMILES string of the molecule is CC(C)(C)c1cc(-c2ccccn2)[c-]c(-n2c3ccccc3c3c2nc(-c2[c-]cccc2)n3-c2ccccc2)c1.[Pt+2]. The van der Waals surface area contributed by atoms with E-state index < -0.39 is 0 Å². The molecule has 0 bridgehead atoms. The van der Waals surface area contributed by atoms with E-state index in [1.807, 2.05) is 48.7 Å². The molecule has 41 heavy (non-hydrogen) atoms. The Morgan fingerprint density at radius 2 is 1.49 bits per heavy atom. The molecule has 3 heterocycles. The predicted octanol–water partition coefficient (Wildman–Crippen LogP) is 8.59. The summed E-state index contributed by atoms with van der Waals surface area (Å²) < 4.78 is 4.51. The van der Waals surface area contributed by atoms with Crippen molar-refractivity contribution < 1.29 is 21.1 Å². The molecule has 0 radical (unpaired) electrons. The third-order valence-electron chi connectivity index (χ3n) is 7.34. The third-order valence-corrected chi connectivity index (χ3v) is 7.34. The van der Waals surface area contributed by atoms with Gasteiger partial charge in [0.15, 0.2) is 5.65 Å². The maximum absolute atomic E-state index is 5.33. The van der Waals surface area contributed by atoms with Crippen LogP contribution in [0.25, 0.3) is 56.1 Å². The van der Waals surface area contributed by atoms with Crippen molar-refractivity contribution in [3.8, 4) is 34.0 Å². The first-order valence-electron chi connectivity index (χ1n) is 13.5. The van der Waals surface area contributed by atoms with E-state index in [0.29, 0.717) is 0 Å². The molecule has 0 saturated carbocycles. The standard InChI is InChI=1S/C36H28N4.Pt/c1-36(2,3)27-22-26(31-19-12-13-21-37-31)23-29(24-27)39-32-20-11-10-18-30(32)33-35(39)38-34(25-14-6-4-7-15-25)40(33)28-16-8-5-9-17-28;/h4-14,16-22,24H,1-3H3;/q-2;+2. The number of para-hydroxylation sites is 2. The van der Waals surface area contributed by atoms with Crippen molar-refractivity contribution in [1.82, 2.24) is 19.1 Å². The number of imidazole rings is 1. The summed E-state index contributed by atoms with van der Waals surface area (Å²) in [4.78, 5) is 9.98. The normalized spacial score (nSPS) is 11.6. The zero-order valence-corrected chi connectivity index (χ0v) is 25.3. The van der Waals surface area contributed by atoms with Crippen LogP contribution in [0.3, 0.4) is 0 Å². The second-order valence-electron chi connectivity index (χ2n) is 11.0. The van der Waals surface area contributed by atoms with Crippen LogP contribution in [0.2, 0.25) is 0 Å². The Balaban J connectivity index is 0.00000302. The monoisotopic (exact) mass is 711 g/mol. The zero-order chi connectivity index (χ0) is 27.3.